The molecule has 4 rings (SSSR count). The summed E-state index contributed by atoms with van der Waals surface area (Å²) in [5, 5.41) is 3.35. The zero-order valence-corrected chi connectivity index (χ0v) is 15.1. The smallest absolute Gasteiger partial charge is 0.317 e. The lowest BCUT2D eigenvalue weighted by molar-refractivity contribution is -0.170. The number of nitrogens with one attached hydrogen (secondary N) is 1. The van der Waals surface area contributed by atoms with Crippen LogP contribution in [0.2, 0.25) is 0 Å². The maximum atomic E-state index is 12.7. The van der Waals surface area contributed by atoms with Crippen LogP contribution in [0.5, 0.6) is 0 Å². The Kier molecular flexibility index (Phi) is 4.74. The molecule has 2 saturated carbocycles. The van der Waals surface area contributed by atoms with Crippen molar-refractivity contribution in [2.75, 3.05) is 32.8 Å². The third-order valence-electron chi connectivity index (χ3n) is 7.14. The number of rotatable bonds is 4. The Morgan fingerprint density at radius 2 is 1.83 bits per heavy atom. The van der Waals surface area contributed by atoms with Crippen LogP contribution in [-0.2, 0) is 4.74 Å². The number of ether oxygens (including phenoxy) is 1. The summed E-state index contributed by atoms with van der Waals surface area (Å²) in [4.78, 5) is 17.4. The second-order valence-electron chi connectivity index (χ2n) is 8.23. The summed E-state index contributed by atoms with van der Waals surface area (Å²) in [7, 11) is 0. The van der Waals surface area contributed by atoms with Crippen LogP contribution in [0, 0.1) is 5.41 Å². The first-order chi connectivity index (χ1) is 11.7. The van der Waals surface area contributed by atoms with Crippen LogP contribution in [-0.4, -0.2) is 66.8 Å². The number of likely N-dealkylation sites (tertiary alicyclic amines) is 2. The molecule has 4 aliphatic rings. The van der Waals surface area contributed by atoms with Crippen molar-refractivity contribution in [3.63, 3.8) is 0 Å². The molecule has 2 saturated heterocycles. The maximum Gasteiger partial charge on any atom is 0.317 e. The molecule has 24 heavy (non-hydrogen) atoms. The van der Waals surface area contributed by atoms with Crippen LogP contribution in [0.1, 0.15) is 58.3 Å². The molecule has 0 unspecified atom stereocenters. The summed E-state index contributed by atoms with van der Waals surface area (Å²) in [5.41, 5.74) is 0.263. The van der Waals surface area contributed by atoms with E-state index in [0.717, 1.165) is 39.0 Å². The Morgan fingerprint density at radius 1 is 1.12 bits per heavy atom. The summed E-state index contributed by atoms with van der Waals surface area (Å²) in [6, 6.07) is 1.22. The van der Waals surface area contributed by atoms with Gasteiger partial charge in [-0.15, -0.1) is 0 Å². The van der Waals surface area contributed by atoms with Gasteiger partial charge in [-0.3, -0.25) is 0 Å². The first kappa shape index (κ1) is 16.6. The molecular weight excluding hydrogens is 302 g/mol. The molecular formula is C19H33N3O2. The monoisotopic (exact) mass is 335 g/mol. The number of carbonyl (C=O) groups excluding carboxylic acids is 1. The summed E-state index contributed by atoms with van der Waals surface area (Å²) < 4.78 is 5.89. The number of piperidine rings is 1. The van der Waals surface area contributed by atoms with Gasteiger partial charge in [-0.2, -0.15) is 0 Å². The van der Waals surface area contributed by atoms with Crippen LogP contribution < -0.4 is 5.32 Å². The van der Waals surface area contributed by atoms with Crippen molar-refractivity contribution in [3.8, 4) is 0 Å². The van der Waals surface area contributed by atoms with Gasteiger partial charge in [0.2, 0.25) is 0 Å². The number of carbonyl (C=O) groups is 1. The van der Waals surface area contributed by atoms with Crippen molar-refractivity contribution in [2.45, 2.75) is 76.5 Å². The van der Waals surface area contributed by atoms with Gasteiger partial charge in [0.1, 0.15) is 0 Å². The SMILES string of the molecule is CCO[C@H]1C[C@H](NC(=O)N2CCC(N3CCCC3)CC2)C12CCC2. The van der Waals surface area contributed by atoms with Crippen molar-refractivity contribution >= 4 is 6.03 Å². The van der Waals surface area contributed by atoms with E-state index in [1.165, 1.54) is 45.2 Å². The molecule has 2 heterocycles. The lowest BCUT2D eigenvalue weighted by Gasteiger charge is -2.61. The molecule has 2 aliphatic carbocycles. The first-order valence-corrected chi connectivity index (χ1v) is 10.1. The highest BCUT2D eigenvalue weighted by molar-refractivity contribution is 5.75. The second kappa shape index (κ2) is 6.83. The molecule has 136 valence electrons. The minimum Gasteiger partial charge on any atom is -0.378 e. The van der Waals surface area contributed by atoms with E-state index in [1.807, 2.05) is 4.90 Å². The van der Waals surface area contributed by atoms with E-state index in [4.69, 9.17) is 4.74 Å². The average molecular weight is 335 g/mol. The van der Waals surface area contributed by atoms with Crippen LogP contribution in [0.15, 0.2) is 0 Å². The normalized spacial score (nSPS) is 33.3. The lowest BCUT2D eigenvalue weighted by atomic mass is 9.51. The number of hydrogen-bond acceptors (Lipinski definition) is 3. The summed E-state index contributed by atoms with van der Waals surface area (Å²) in [5.74, 6) is 0. The highest BCUT2D eigenvalue weighted by Crippen LogP contribution is 2.57. The molecule has 2 atom stereocenters. The predicted octanol–water partition coefficient (Wildman–Crippen LogP) is 2.60. The molecule has 5 nitrogen and oxygen atoms in total. The highest BCUT2D eigenvalue weighted by atomic mass is 16.5. The quantitative estimate of drug-likeness (QED) is 0.859. The van der Waals surface area contributed by atoms with Crippen molar-refractivity contribution < 1.29 is 9.53 Å². The predicted molar refractivity (Wildman–Crippen MR) is 94.0 cm³/mol. The fourth-order valence-corrected chi connectivity index (χ4v) is 5.42. The Labute approximate surface area is 146 Å². The fraction of sp³-hybridized carbons (Fsp3) is 0.947. The first-order valence-electron chi connectivity index (χ1n) is 10.1. The van der Waals surface area contributed by atoms with Crippen molar-refractivity contribution in [2.24, 2.45) is 5.41 Å². The highest BCUT2D eigenvalue weighted by Gasteiger charge is 2.59. The van der Waals surface area contributed by atoms with E-state index in [0.29, 0.717) is 18.2 Å². The third kappa shape index (κ3) is 2.84. The van der Waals surface area contributed by atoms with Gasteiger partial charge in [0.15, 0.2) is 0 Å². The molecule has 0 aromatic carbocycles. The molecule has 1 spiro atoms. The van der Waals surface area contributed by atoms with Gasteiger partial charge in [0.25, 0.3) is 0 Å². The molecule has 2 aliphatic heterocycles. The van der Waals surface area contributed by atoms with Crippen molar-refractivity contribution in [1.82, 2.24) is 15.1 Å². The van der Waals surface area contributed by atoms with E-state index < -0.39 is 0 Å². The molecule has 0 aromatic rings. The van der Waals surface area contributed by atoms with Gasteiger partial charge in [0.05, 0.1) is 6.10 Å². The van der Waals surface area contributed by atoms with E-state index in [9.17, 15) is 4.79 Å². The molecule has 0 bridgehead atoms. The van der Waals surface area contributed by atoms with Crippen molar-refractivity contribution in [1.29, 1.82) is 0 Å². The Bertz CT molecular complexity index is 452. The molecule has 5 heteroatoms. The zero-order chi connectivity index (χ0) is 16.6. The van der Waals surface area contributed by atoms with Crippen molar-refractivity contribution in [3.05, 3.63) is 0 Å². The summed E-state index contributed by atoms with van der Waals surface area (Å²) in [6.45, 7) is 7.23. The summed E-state index contributed by atoms with van der Waals surface area (Å²) >= 11 is 0. The zero-order valence-electron chi connectivity index (χ0n) is 15.1. The van der Waals surface area contributed by atoms with Gasteiger partial charge in [-0.1, -0.05) is 6.42 Å². The van der Waals surface area contributed by atoms with E-state index in [2.05, 4.69) is 17.1 Å². The largest absolute Gasteiger partial charge is 0.378 e. The molecule has 0 aromatic heterocycles. The summed E-state index contributed by atoms with van der Waals surface area (Å²) in [6.07, 6.45) is 10.1. The third-order valence-corrected chi connectivity index (χ3v) is 7.14. The number of amides is 2. The van der Waals surface area contributed by atoms with Crippen LogP contribution >= 0.6 is 0 Å². The Balaban J connectivity index is 1.25. The fourth-order valence-electron chi connectivity index (χ4n) is 5.42. The minimum absolute atomic E-state index is 0.168. The molecule has 2 amide bonds. The Morgan fingerprint density at radius 3 is 2.42 bits per heavy atom. The van der Waals surface area contributed by atoms with Crippen LogP contribution in [0.25, 0.3) is 0 Å². The molecule has 4 fully saturated rings. The van der Waals surface area contributed by atoms with Gasteiger partial charge >= 0.3 is 6.03 Å². The Hall–Kier alpha value is -0.810. The van der Waals surface area contributed by atoms with E-state index in [-0.39, 0.29) is 11.4 Å². The van der Waals surface area contributed by atoms with E-state index in [1.54, 1.807) is 0 Å². The van der Waals surface area contributed by atoms with Gasteiger partial charge in [-0.05, 0) is 65.0 Å². The minimum atomic E-state index is 0.168. The van der Waals surface area contributed by atoms with Gasteiger partial charge < -0.3 is 19.9 Å². The van der Waals surface area contributed by atoms with Gasteiger partial charge in [0, 0.05) is 37.2 Å². The topological polar surface area (TPSA) is 44.8 Å². The van der Waals surface area contributed by atoms with E-state index >= 15 is 0 Å². The maximum absolute atomic E-state index is 12.7. The van der Waals surface area contributed by atoms with Gasteiger partial charge in [-0.25, -0.2) is 4.79 Å². The van der Waals surface area contributed by atoms with Crippen LogP contribution in [0.4, 0.5) is 4.79 Å². The molecule has 1 N–H and O–H groups in total. The number of nitrogens with zero attached hydrogens (tertiary/aromatic N) is 2. The molecule has 0 radical (unpaired) electrons. The second-order valence-corrected chi connectivity index (χ2v) is 8.23. The number of hydrogen-bond donors (Lipinski definition) is 1. The number of urea groups is 1. The average Bonchev–Trinajstić information content (AvgIpc) is 3.06. The lowest BCUT2D eigenvalue weighted by Crippen LogP contribution is -2.68. The van der Waals surface area contributed by atoms with Crippen LogP contribution in [0.3, 0.4) is 0 Å². The standard InChI is InChI=1S/C19H33N3O2/c1-2-24-17-14-16(19(17)8-5-9-19)20-18(23)22-12-6-15(7-13-22)21-10-3-4-11-21/h15-17H,2-14H2,1H3,(H,20,23)/t16-,17-/m0/s1.